The Balaban J connectivity index is 2.25. The Morgan fingerprint density at radius 1 is 1.04 bits per heavy atom. The van der Waals surface area contributed by atoms with Gasteiger partial charge in [0.05, 0.1) is 23.5 Å². The topological polar surface area (TPSA) is 60.9 Å². The molecule has 1 heterocycles. The second-order valence-electron chi connectivity index (χ2n) is 5.38. The predicted octanol–water partition coefficient (Wildman–Crippen LogP) is 3.13. The number of benzene rings is 2. The molecule has 0 radical (unpaired) electrons. The minimum atomic E-state index is -0.364. The van der Waals surface area contributed by atoms with Crippen molar-refractivity contribution < 1.29 is 4.79 Å². The number of nitrogens with zero attached hydrogens (tertiary/aromatic N) is 2. The molecule has 2 aromatic carbocycles. The van der Waals surface area contributed by atoms with Crippen molar-refractivity contribution in [3.05, 3.63) is 71.9 Å². The summed E-state index contributed by atoms with van der Waals surface area (Å²) in [6.45, 7) is 2.07. The zero-order valence-corrected chi connectivity index (χ0v) is 13.1. The largest absolute Gasteiger partial charge is 0.369 e. The molecule has 0 aliphatic rings. The second-order valence-corrected chi connectivity index (χ2v) is 5.38. The number of primary amides is 1. The maximum atomic E-state index is 11.4. The van der Waals surface area contributed by atoms with Crippen LogP contribution in [0.25, 0.3) is 16.9 Å². The van der Waals surface area contributed by atoms with Gasteiger partial charge in [-0.3, -0.25) is 4.79 Å². The van der Waals surface area contributed by atoms with E-state index in [4.69, 9.17) is 5.73 Å². The zero-order chi connectivity index (χ0) is 16.2. The molecule has 0 aliphatic carbocycles. The zero-order valence-electron chi connectivity index (χ0n) is 13.1. The smallest absolute Gasteiger partial charge is 0.223 e. The Morgan fingerprint density at radius 3 is 2.22 bits per heavy atom. The van der Waals surface area contributed by atoms with Crippen LogP contribution in [0.2, 0.25) is 0 Å². The molecule has 0 bridgehead atoms. The highest BCUT2D eigenvalue weighted by Gasteiger charge is 2.19. The summed E-state index contributed by atoms with van der Waals surface area (Å²) in [4.78, 5) is 11.4. The van der Waals surface area contributed by atoms with Crippen LogP contribution < -0.4 is 5.73 Å². The van der Waals surface area contributed by atoms with Crippen molar-refractivity contribution in [1.29, 1.82) is 0 Å². The molecule has 116 valence electrons. The molecule has 0 spiro atoms. The molecule has 3 rings (SSSR count). The maximum absolute atomic E-state index is 11.4. The first-order chi connectivity index (χ1) is 11.2. The minimum Gasteiger partial charge on any atom is -0.369 e. The van der Waals surface area contributed by atoms with Gasteiger partial charge in [0.25, 0.3) is 0 Å². The summed E-state index contributed by atoms with van der Waals surface area (Å²) in [5.74, 6) is -0.364. The number of amides is 1. The number of rotatable bonds is 5. The van der Waals surface area contributed by atoms with Gasteiger partial charge in [-0.15, -0.1) is 0 Å². The lowest BCUT2D eigenvalue weighted by atomic mass is 10.0. The van der Waals surface area contributed by atoms with Crippen molar-refractivity contribution in [3.63, 3.8) is 0 Å². The van der Waals surface area contributed by atoms with Crippen molar-refractivity contribution >= 4 is 5.91 Å². The highest BCUT2D eigenvalue weighted by atomic mass is 16.1. The van der Waals surface area contributed by atoms with E-state index >= 15 is 0 Å². The fourth-order valence-corrected chi connectivity index (χ4v) is 2.82. The monoisotopic (exact) mass is 305 g/mol. The summed E-state index contributed by atoms with van der Waals surface area (Å²) < 4.78 is 1.91. The van der Waals surface area contributed by atoms with Crippen molar-refractivity contribution in [2.75, 3.05) is 0 Å². The third kappa shape index (κ3) is 3.01. The maximum Gasteiger partial charge on any atom is 0.223 e. The number of hydrogen-bond acceptors (Lipinski definition) is 2. The number of carbonyl (C=O) groups excluding carboxylic acids is 1. The van der Waals surface area contributed by atoms with Crippen LogP contribution in [0.4, 0.5) is 0 Å². The van der Waals surface area contributed by atoms with Gasteiger partial charge in [0.1, 0.15) is 0 Å². The quantitative estimate of drug-likeness (QED) is 0.787. The molecule has 0 saturated heterocycles. The lowest BCUT2D eigenvalue weighted by Crippen LogP contribution is -2.15. The fourth-order valence-electron chi connectivity index (χ4n) is 2.82. The molecule has 4 nitrogen and oxygen atoms in total. The van der Waals surface area contributed by atoms with E-state index < -0.39 is 0 Å². The first-order valence-corrected chi connectivity index (χ1v) is 7.70. The summed E-state index contributed by atoms with van der Waals surface area (Å²) in [5.41, 5.74) is 10.3. The van der Waals surface area contributed by atoms with Gasteiger partial charge in [0, 0.05) is 11.1 Å². The normalized spacial score (nSPS) is 10.7. The molecule has 23 heavy (non-hydrogen) atoms. The first-order valence-electron chi connectivity index (χ1n) is 7.70. The molecule has 1 aromatic heterocycles. The van der Waals surface area contributed by atoms with E-state index in [9.17, 15) is 4.79 Å². The summed E-state index contributed by atoms with van der Waals surface area (Å²) in [6, 6.07) is 20.1. The fraction of sp³-hybridized carbons (Fsp3) is 0.158. The highest BCUT2D eigenvalue weighted by molar-refractivity contribution is 5.78. The second kappa shape index (κ2) is 6.48. The van der Waals surface area contributed by atoms with Gasteiger partial charge in [-0.1, -0.05) is 55.5 Å². The van der Waals surface area contributed by atoms with Gasteiger partial charge in [-0.2, -0.15) is 5.10 Å². The van der Waals surface area contributed by atoms with E-state index in [-0.39, 0.29) is 12.3 Å². The van der Waals surface area contributed by atoms with Crippen LogP contribution in [0.3, 0.4) is 0 Å². The molecular weight excluding hydrogens is 286 g/mol. The third-order valence-electron chi connectivity index (χ3n) is 3.81. The molecule has 0 fully saturated rings. The van der Waals surface area contributed by atoms with Crippen molar-refractivity contribution in [1.82, 2.24) is 9.78 Å². The summed E-state index contributed by atoms with van der Waals surface area (Å²) in [7, 11) is 0. The summed E-state index contributed by atoms with van der Waals surface area (Å²) in [5, 5.41) is 4.68. The van der Waals surface area contributed by atoms with E-state index in [1.165, 1.54) is 0 Å². The number of aromatic nitrogens is 2. The van der Waals surface area contributed by atoms with Gasteiger partial charge in [-0.25, -0.2) is 4.68 Å². The number of nitrogens with two attached hydrogens (primary N) is 1. The van der Waals surface area contributed by atoms with Gasteiger partial charge in [-0.05, 0) is 18.6 Å². The van der Waals surface area contributed by atoms with Crippen LogP contribution in [-0.2, 0) is 17.6 Å². The van der Waals surface area contributed by atoms with Crippen LogP contribution >= 0.6 is 0 Å². The van der Waals surface area contributed by atoms with Crippen molar-refractivity contribution in [2.24, 2.45) is 5.73 Å². The van der Waals surface area contributed by atoms with Gasteiger partial charge < -0.3 is 5.73 Å². The molecule has 4 heteroatoms. The molecule has 0 aliphatic heterocycles. The Bertz CT molecular complexity index is 807. The Labute approximate surface area is 135 Å². The summed E-state index contributed by atoms with van der Waals surface area (Å²) in [6.07, 6.45) is 0.947. The summed E-state index contributed by atoms with van der Waals surface area (Å²) >= 11 is 0. The van der Waals surface area contributed by atoms with Gasteiger partial charge in [0.15, 0.2) is 0 Å². The molecule has 3 aromatic rings. The number of para-hydroxylation sites is 1. The number of carbonyl (C=O) groups is 1. The lowest BCUT2D eigenvalue weighted by Gasteiger charge is -2.09. The van der Waals surface area contributed by atoms with Crippen LogP contribution in [0, 0.1) is 0 Å². The Morgan fingerprint density at radius 2 is 1.65 bits per heavy atom. The standard InChI is InChI=1S/C19H19N3O/c1-2-16-17(13-18(20)23)21-22(15-11-7-4-8-12-15)19(16)14-9-5-3-6-10-14/h3-12H,2,13H2,1H3,(H2,20,23). The van der Waals surface area contributed by atoms with Crippen LogP contribution in [-0.4, -0.2) is 15.7 Å². The number of hydrogen-bond donors (Lipinski definition) is 1. The SMILES string of the molecule is CCc1c(CC(N)=O)nn(-c2ccccc2)c1-c1ccccc1. The Hall–Kier alpha value is -2.88. The van der Waals surface area contributed by atoms with E-state index in [0.717, 1.165) is 34.6 Å². The van der Waals surface area contributed by atoms with Gasteiger partial charge in [0.2, 0.25) is 5.91 Å². The minimum absolute atomic E-state index is 0.156. The third-order valence-corrected chi connectivity index (χ3v) is 3.81. The first kappa shape index (κ1) is 15.0. The molecule has 2 N–H and O–H groups in total. The highest BCUT2D eigenvalue weighted by Crippen LogP contribution is 2.29. The molecule has 1 amide bonds. The van der Waals surface area contributed by atoms with E-state index in [1.54, 1.807) is 0 Å². The van der Waals surface area contributed by atoms with Crippen LogP contribution in [0.15, 0.2) is 60.7 Å². The van der Waals surface area contributed by atoms with Crippen molar-refractivity contribution in [3.8, 4) is 16.9 Å². The molecule has 0 saturated carbocycles. The van der Waals surface area contributed by atoms with Crippen LogP contribution in [0.5, 0.6) is 0 Å². The van der Waals surface area contributed by atoms with Gasteiger partial charge >= 0.3 is 0 Å². The Kier molecular flexibility index (Phi) is 4.24. The predicted molar refractivity (Wildman–Crippen MR) is 91.3 cm³/mol. The van der Waals surface area contributed by atoms with E-state index in [0.29, 0.717) is 0 Å². The molecular formula is C19H19N3O. The van der Waals surface area contributed by atoms with Crippen LogP contribution in [0.1, 0.15) is 18.2 Å². The average molecular weight is 305 g/mol. The van der Waals surface area contributed by atoms with E-state index in [2.05, 4.69) is 24.2 Å². The lowest BCUT2D eigenvalue weighted by molar-refractivity contribution is -0.117. The molecule has 0 atom stereocenters. The molecule has 0 unspecified atom stereocenters. The van der Waals surface area contributed by atoms with E-state index in [1.807, 2.05) is 53.2 Å². The average Bonchev–Trinajstić information content (AvgIpc) is 2.94. The van der Waals surface area contributed by atoms with Crippen molar-refractivity contribution in [2.45, 2.75) is 19.8 Å².